The molecule has 0 fully saturated rings. The van der Waals surface area contributed by atoms with Gasteiger partial charge in [-0.05, 0) is 30.5 Å². The molecule has 0 aliphatic heterocycles. The van der Waals surface area contributed by atoms with Crippen LogP contribution < -0.4 is 5.73 Å². The van der Waals surface area contributed by atoms with Gasteiger partial charge in [0.2, 0.25) is 0 Å². The summed E-state index contributed by atoms with van der Waals surface area (Å²) in [6, 6.07) is 4.89. The molecule has 1 aromatic rings. The molecule has 0 aliphatic rings. The van der Waals surface area contributed by atoms with E-state index in [-0.39, 0.29) is 11.7 Å². The van der Waals surface area contributed by atoms with Gasteiger partial charge in [0.25, 0.3) is 0 Å². The summed E-state index contributed by atoms with van der Waals surface area (Å²) in [5, 5.41) is 0. The Balaban J connectivity index is 3.11. The van der Waals surface area contributed by atoms with Gasteiger partial charge in [0.05, 0.1) is 10.6 Å². The summed E-state index contributed by atoms with van der Waals surface area (Å²) in [6.07, 6.45) is 0. The number of hydrogen-bond acceptors (Lipinski definition) is 3. The van der Waals surface area contributed by atoms with Crippen molar-refractivity contribution in [3.8, 4) is 0 Å². The van der Waals surface area contributed by atoms with E-state index in [1.807, 2.05) is 20.8 Å². The quantitative estimate of drug-likeness (QED) is 0.803. The fourth-order valence-corrected chi connectivity index (χ4v) is 3.00. The van der Waals surface area contributed by atoms with Crippen LogP contribution in [0.4, 0.5) is 5.69 Å². The van der Waals surface area contributed by atoms with Crippen LogP contribution in [0, 0.1) is 12.8 Å². The Hall–Kier alpha value is -1.03. The maximum atomic E-state index is 11.9. The van der Waals surface area contributed by atoms with Crippen LogP contribution in [0.15, 0.2) is 23.1 Å². The van der Waals surface area contributed by atoms with Gasteiger partial charge < -0.3 is 5.73 Å². The summed E-state index contributed by atoms with van der Waals surface area (Å²) in [4.78, 5) is 0.319. The fourth-order valence-electron chi connectivity index (χ4n) is 1.35. The third-order valence-corrected chi connectivity index (χ3v) is 4.24. The lowest BCUT2D eigenvalue weighted by molar-refractivity contribution is 0.582. The van der Waals surface area contributed by atoms with E-state index in [1.165, 1.54) is 6.07 Å². The maximum Gasteiger partial charge on any atom is 0.178 e. The van der Waals surface area contributed by atoms with E-state index >= 15 is 0 Å². The van der Waals surface area contributed by atoms with Crippen molar-refractivity contribution in [2.24, 2.45) is 5.92 Å². The summed E-state index contributed by atoms with van der Waals surface area (Å²) >= 11 is 0. The smallest absolute Gasteiger partial charge is 0.178 e. The lowest BCUT2D eigenvalue weighted by Gasteiger charge is -2.08. The molecule has 0 aromatic heterocycles. The second-order valence-electron chi connectivity index (χ2n) is 4.19. The van der Waals surface area contributed by atoms with Crippen LogP contribution in [-0.2, 0) is 9.84 Å². The molecule has 0 bridgehead atoms. The van der Waals surface area contributed by atoms with E-state index in [0.717, 1.165) is 5.56 Å². The van der Waals surface area contributed by atoms with Crippen molar-refractivity contribution in [1.82, 2.24) is 0 Å². The average Bonchev–Trinajstić information content (AvgIpc) is 2.07. The number of anilines is 1. The predicted octanol–water partition coefficient (Wildman–Crippen LogP) is 2.01. The minimum absolute atomic E-state index is 0.123. The molecule has 15 heavy (non-hydrogen) atoms. The Labute approximate surface area is 91.2 Å². The first kappa shape index (κ1) is 12.0. The van der Waals surface area contributed by atoms with E-state index in [9.17, 15) is 8.42 Å². The molecule has 1 rings (SSSR count). The summed E-state index contributed by atoms with van der Waals surface area (Å²) < 4.78 is 23.7. The molecule has 0 heterocycles. The van der Waals surface area contributed by atoms with Crippen molar-refractivity contribution in [1.29, 1.82) is 0 Å². The van der Waals surface area contributed by atoms with Crippen LogP contribution in [0.25, 0.3) is 0 Å². The number of benzene rings is 1. The van der Waals surface area contributed by atoms with Crippen LogP contribution in [0.2, 0.25) is 0 Å². The van der Waals surface area contributed by atoms with E-state index in [4.69, 9.17) is 5.73 Å². The number of nitrogens with two attached hydrogens (primary N) is 1. The molecule has 0 radical (unpaired) electrons. The zero-order chi connectivity index (χ0) is 11.6. The number of sulfone groups is 1. The predicted molar refractivity (Wildman–Crippen MR) is 62.5 cm³/mol. The standard InChI is InChI=1S/C11H17NO2S/c1-8(2)7-15(13,14)10-5-4-9(3)11(12)6-10/h4-6,8H,7,12H2,1-3H3. The fraction of sp³-hybridized carbons (Fsp3) is 0.455. The molecular formula is C11H17NO2S. The number of rotatable bonds is 3. The highest BCUT2D eigenvalue weighted by Crippen LogP contribution is 2.19. The van der Waals surface area contributed by atoms with Gasteiger partial charge in [-0.1, -0.05) is 19.9 Å². The second-order valence-corrected chi connectivity index (χ2v) is 6.23. The second kappa shape index (κ2) is 4.23. The maximum absolute atomic E-state index is 11.9. The lowest BCUT2D eigenvalue weighted by Crippen LogP contribution is -2.12. The van der Waals surface area contributed by atoms with E-state index < -0.39 is 9.84 Å². The average molecular weight is 227 g/mol. The summed E-state index contributed by atoms with van der Waals surface area (Å²) in [5.41, 5.74) is 7.11. The highest BCUT2D eigenvalue weighted by Gasteiger charge is 2.16. The van der Waals surface area contributed by atoms with Crippen molar-refractivity contribution < 1.29 is 8.42 Å². The van der Waals surface area contributed by atoms with Gasteiger partial charge in [0.15, 0.2) is 9.84 Å². The van der Waals surface area contributed by atoms with Crippen molar-refractivity contribution in [2.75, 3.05) is 11.5 Å². The molecule has 0 aliphatic carbocycles. The molecule has 4 heteroatoms. The minimum Gasteiger partial charge on any atom is -0.398 e. The van der Waals surface area contributed by atoms with Crippen molar-refractivity contribution in [3.05, 3.63) is 23.8 Å². The van der Waals surface area contributed by atoms with Gasteiger partial charge in [-0.3, -0.25) is 0 Å². The molecule has 0 saturated heterocycles. The minimum atomic E-state index is -3.18. The zero-order valence-electron chi connectivity index (χ0n) is 9.32. The first-order chi connectivity index (χ1) is 6.83. The number of nitrogen functional groups attached to an aromatic ring is 1. The van der Waals surface area contributed by atoms with Gasteiger partial charge in [-0.2, -0.15) is 0 Å². The molecular weight excluding hydrogens is 210 g/mol. The van der Waals surface area contributed by atoms with Crippen LogP contribution in [0.1, 0.15) is 19.4 Å². The normalized spacial score (nSPS) is 12.0. The van der Waals surface area contributed by atoms with Crippen molar-refractivity contribution >= 4 is 15.5 Å². The van der Waals surface area contributed by atoms with Gasteiger partial charge in [0, 0.05) is 5.69 Å². The molecule has 0 atom stereocenters. The Morgan fingerprint density at radius 2 is 1.93 bits per heavy atom. The Bertz CT molecular complexity index is 450. The SMILES string of the molecule is Cc1ccc(S(=O)(=O)CC(C)C)cc1N. The van der Waals surface area contributed by atoms with Crippen LogP contribution >= 0.6 is 0 Å². The van der Waals surface area contributed by atoms with Crippen molar-refractivity contribution in [3.63, 3.8) is 0 Å². The van der Waals surface area contributed by atoms with E-state index in [1.54, 1.807) is 12.1 Å². The molecule has 84 valence electrons. The highest BCUT2D eigenvalue weighted by molar-refractivity contribution is 7.91. The molecule has 2 N–H and O–H groups in total. The van der Waals surface area contributed by atoms with Gasteiger partial charge >= 0.3 is 0 Å². The lowest BCUT2D eigenvalue weighted by atomic mass is 10.2. The third-order valence-electron chi connectivity index (χ3n) is 2.16. The van der Waals surface area contributed by atoms with Crippen molar-refractivity contribution in [2.45, 2.75) is 25.7 Å². The molecule has 0 spiro atoms. The molecule has 0 unspecified atom stereocenters. The molecule has 1 aromatic carbocycles. The monoisotopic (exact) mass is 227 g/mol. The first-order valence-corrected chi connectivity index (χ1v) is 6.57. The summed E-state index contributed by atoms with van der Waals surface area (Å²) in [7, 11) is -3.18. The number of hydrogen-bond donors (Lipinski definition) is 1. The van der Waals surface area contributed by atoms with Crippen LogP contribution in [-0.4, -0.2) is 14.2 Å². The van der Waals surface area contributed by atoms with Gasteiger partial charge in [0.1, 0.15) is 0 Å². The highest BCUT2D eigenvalue weighted by atomic mass is 32.2. The Kier molecular flexibility index (Phi) is 3.39. The Morgan fingerprint density at radius 1 is 1.33 bits per heavy atom. The third kappa shape index (κ3) is 2.96. The van der Waals surface area contributed by atoms with E-state index in [0.29, 0.717) is 10.6 Å². The molecule has 0 saturated carbocycles. The topological polar surface area (TPSA) is 60.2 Å². The molecule has 0 amide bonds. The first-order valence-electron chi connectivity index (χ1n) is 4.92. The Morgan fingerprint density at radius 3 is 2.40 bits per heavy atom. The van der Waals surface area contributed by atoms with Gasteiger partial charge in [-0.25, -0.2) is 8.42 Å². The van der Waals surface area contributed by atoms with Crippen LogP contribution in [0.3, 0.4) is 0 Å². The van der Waals surface area contributed by atoms with Gasteiger partial charge in [-0.15, -0.1) is 0 Å². The zero-order valence-corrected chi connectivity index (χ0v) is 10.1. The largest absolute Gasteiger partial charge is 0.398 e. The number of aryl methyl sites for hydroxylation is 1. The summed E-state index contributed by atoms with van der Waals surface area (Å²) in [6.45, 7) is 5.62. The molecule has 3 nitrogen and oxygen atoms in total. The van der Waals surface area contributed by atoms with E-state index in [2.05, 4.69) is 0 Å². The van der Waals surface area contributed by atoms with Crippen LogP contribution in [0.5, 0.6) is 0 Å². The summed E-state index contributed by atoms with van der Waals surface area (Å²) in [5.74, 6) is 0.285.